The molecule has 6 atom stereocenters. The van der Waals surface area contributed by atoms with Gasteiger partial charge in [0.1, 0.15) is 11.6 Å². The lowest BCUT2D eigenvalue weighted by atomic mass is 9.82. The highest BCUT2D eigenvalue weighted by Crippen LogP contribution is 2.42. The Morgan fingerprint density at radius 3 is 1.36 bits per heavy atom. The predicted octanol–water partition coefficient (Wildman–Crippen LogP) is 14.9. The first-order valence-electron chi connectivity index (χ1n) is 31.7. The van der Waals surface area contributed by atoms with Crippen LogP contribution in [0.1, 0.15) is 176 Å². The van der Waals surface area contributed by atoms with Crippen LogP contribution in [0.4, 0.5) is 25.8 Å². The van der Waals surface area contributed by atoms with Crippen molar-refractivity contribution < 1.29 is 28.0 Å². The van der Waals surface area contributed by atoms with E-state index in [9.17, 15) is 19.2 Å². The molecule has 5 heterocycles. The van der Waals surface area contributed by atoms with Crippen molar-refractivity contribution in [3.8, 4) is 0 Å². The number of nitrogens with zero attached hydrogens (tertiary/aromatic N) is 5. The number of hydrogen-bond acceptors (Lipinski definition) is 7. The maximum Gasteiger partial charge on any atom is 0.257 e. The fourth-order valence-electron chi connectivity index (χ4n) is 14.0. The molecule has 0 aromatic heterocycles. The highest BCUT2D eigenvalue weighted by atomic mass is 19.1. The van der Waals surface area contributed by atoms with E-state index in [1.54, 1.807) is 47.9 Å². The molecule has 0 radical (unpaired) electrons. The average molecular weight is 1170 g/mol. The second-order valence-electron chi connectivity index (χ2n) is 26.2. The minimum atomic E-state index is -0.528. The number of piperidine rings is 2. The molecule has 454 valence electrons. The number of likely N-dealkylation sites (tertiary alicyclic amines) is 4. The summed E-state index contributed by atoms with van der Waals surface area (Å²) in [5.74, 6) is -2.95. The van der Waals surface area contributed by atoms with E-state index in [0.29, 0.717) is 62.0 Å². The Morgan fingerprint density at radius 1 is 0.488 bits per heavy atom. The third-order valence-corrected chi connectivity index (χ3v) is 19.0. The van der Waals surface area contributed by atoms with Crippen molar-refractivity contribution in [2.45, 2.75) is 162 Å². The van der Waals surface area contributed by atoms with E-state index in [-0.39, 0.29) is 40.2 Å². The Bertz CT molecular complexity index is 3330. The van der Waals surface area contributed by atoms with Crippen molar-refractivity contribution in [2.75, 3.05) is 54.8 Å². The van der Waals surface area contributed by atoms with Crippen LogP contribution in [0, 0.1) is 44.2 Å². The second-order valence-corrected chi connectivity index (χ2v) is 26.2. The van der Waals surface area contributed by atoms with Crippen LogP contribution in [0.5, 0.6) is 0 Å². The van der Waals surface area contributed by atoms with Gasteiger partial charge in [0.2, 0.25) is 11.8 Å². The molecule has 5 aliphatic rings. The first kappa shape index (κ1) is 61.9. The topological polar surface area (TPSA) is 109 Å². The van der Waals surface area contributed by atoms with E-state index >= 15 is 8.78 Å². The highest BCUT2D eigenvalue weighted by Gasteiger charge is 2.43. The van der Waals surface area contributed by atoms with Crippen LogP contribution in [-0.4, -0.2) is 94.6 Å². The highest BCUT2D eigenvalue weighted by molar-refractivity contribution is 5.99. The summed E-state index contributed by atoms with van der Waals surface area (Å²) in [6, 6.07) is 40.4. The number of carbonyl (C=O) groups excluding carboxylic acids is 4. The van der Waals surface area contributed by atoms with Crippen molar-refractivity contribution in [2.24, 2.45) is 11.8 Å². The molecule has 0 bridgehead atoms. The minimum absolute atomic E-state index is 0.0520. The monoisotopic (exact) mass is 1170 g/mol. The summed E-state index contributed by atoms with van der Waals surface area (Å²) >= 11 is 0. The van der Waals surface area contributed by atoms with Gasteiger partial charge in [0.05, 0.1) is 35.0 Å². The number of anilines is 3. The lowest BCUT2D eigenvalue weighted by molar-refractivity contribution is -0.124. The van der Waals surface area contributed by atoms with Crippen LogP contribution in [0.3, 0.4) is 0 Å². The summed E-state index contributed by atoms with van der Waals surface area (Å²) in [4.78, 5) is 66.9. The lowest BCUT2D eigenvalue weighted by Gasteiger charge is -2.41. The SMILES string of the molecule is Cc1ccc(NC(=O)[C@H]2CCCN(C(=O)c3c(C)cccc3F)[C@H]2c2ccc(CN3CCC[C@H]3C)cc2)cc1N1CCCC1.Cc1cccc(F)c1C(=O)N1CCC[C@H](C(=O)Nc2cccc(C(C)(C)C)c2)[C@@H]1c1ccc(CN2CCC[C@@H]2C)cc1. The molecule has 86 heavy (non-hydrogen) atoms. The van der Waals surface area contributed by atoms with Gasteiger partial charge in [-0.15, -0.1) is 0 Å². The van der Waals surface area contributed by atoms with E-state index in [1.807, 2.05) is 24.3 Å². The van der Waals surface area contributed by atoms with Gasteiger partial charge in [-0.2, -0.15) is 0 Å². The third kappa shape index (κ3) is 14.1. The Labute approximate surface area is 509 Å². The van der Waals surface area contributed by atoms with E-state index in [1.165, 1.54) is 67.3 Å². The number of amides is 4. The number of nitrogens with one attached hydrogen (secondary N) is 2. The molecule has 0 aliphatic carbocycles. The third-order valence-electron chi connectivity index (χ3n) is 19.0. The fraction of sp³-hybridized carbons (Fsp3) is 0.452. The van der Waals surface area contributed by atoms with Gasteiger partial charge in [-0.25, -0.2) is 8.78 Å². The molecule has 11 rings (SSSR count). The van der Waals surface area contributed by atoms with Gasteiger partial charge in [0.15, 0.2) is 0 Å². The Kier molecular flexibility index (Phi) is 19.6. The first-order valence-corrected chi connectivity index (χ1v) is 31.7. The van der Waals surface area contributed by atoms with Crippen molar-refractivity contribution in [3.63, 3.8) is 0 Å². The maximum atomic E-state index is 15.1. The first-order chi connectivity index (χ1) is 41.3. The zero-order valence-corrected chi connectivity index (χ0v) is 51.9. The van der Waals surface area contributed by atoms with Gasteiger partial charge in [-0.05, 0) is 198 Å². The zero-order chi connectivity index (χ0) is 60.8. The van der Waals surface area contributed by atoms with Gasteiger partial charge in [-0.1, -0.05) is 112 Å². The van der Waals surface area contributed by atoms with Crippen molar-refractivity contribution >= 4 is 40.7 Å². The summed E-state index contributed by atoms with van der Waals surface area (Å²) in [6.45, 7) is 23.6. The van der Waals surface area contributed by atoms with Crippen LogP contribution < -0.4 is 15.5 Å². The van der Waals surface area contributed by atoms with Crippen molar-refractivity contribution in [1.82, 2.24) is 19.6 Å². The molecule has 11 nitrogen and oxygen atoms in total. The second kappa shape index (κ2) is 27.2. The number of halogens is 2. The summed E-state index contributed by atoms with van der Waals surface area (Å²) in [5.41, 5.74) is 10.6. The number of rotatable bonds is 13. The molecule has 5 saturated heterocycles. The van der Waals surface area contributed by atoms with Gasteiger partial charge in [-0.3, -0.25) is 29.0 Å². The normalized spacial score (nSPS) is 21.9. The number of carbonyl (C=O) groups is 4. The minimum Gasteiger partial charge on any atom is -0.371 e. The molecule has 4 amide bonds. The fourth-order valence-corrected chi connectivity index (χ4v) is 14.0. The summed E-state index contributed by atoms with van der Waals surface area (Å²) in [5, 5.41) is 6.36. The zero-order valence-electron chi connectivity index (χ0n) is 51.9. The molecule has 0 unspecified atom stereocenters. The number of aryl methyl sites for hydroxylation is 3. The predicted molar refractivity (Wildman–Crippen MR) is 341 cm³/mol. The molecular weight excluding hydrogens is 1080 g/mol. The van der Waals surface area contributed by atoms with Crippen molar-refractivity contribution in [3.05, 3.63) is 195 Å². The Hall–Kier alpha value is -7.22. The van der Waals surface area contributed by atoms with Crippen LogP contribution in [0.25, 0.3) is 0 Å². The summed E-state index contributed by atoms with van der Waals surface area (Å²) in [7, 11) is 0. The quantitative estimate of drug-likeness (QED) is 0.119. The largest absolute Gasteiger partial charge is 0.371 e. The number of benzene rings is 6. The van der Waals surface area contributed by atoms with Crippen molar-refractivity contribution in [1.29, 1.82) is 0 Å². The summed E-state index contributed by atoms with van der Waals surface area (Å²) < 4.78 is 30.1. The molecule has 0 spiro atoms. The Balaban J connectivity index is 0.000000191. The average Bonchev–Trinajstić information content (AvgIpc) is 3.25. The lowest BCUT2D eigenvalue weighted by Crippen LogP contribution is -2.46. The maximum absolute atomic E-state index is 15.1. The van der Waals surface area contributed by atoms with Gasteiger partial charge in [0, 0.05) is 68.4 Å². The molecule has 2 N–H and O–H groups in total. The summed E-state index contributed by atoms with van der Waals surface area (Å²) in [6.07, 6.45) is 9.89. The molecular formula is C73H89F2N7O4. The molecule has 5 fully saturated rings. The molecule has 0 saturated carbocycles. The van der Waals surface area contributed by atoms with Gasteiger partial charge < -0.3 is 25.3 Å². The van der Waals surface area contributed by atoms with E-state index in [0.717, 1.165) is 73.0 Å². The van der Waals surface area contributed by atoms with Crippen LogP contribution in [0.2, 0.25) is 0 Å². The number of hydrogen-bond donors (Lipinski definition) is 2. The molecule has 6 aromatic carbocycles. The van der Waals surface area contributed by atoms with Gasteiger partial charge >= 0.3 is 0 Å². The van der Waals surface area contributed by atoms with Crippen LogP contribution in [0.15, 0.2) is 127 Å². The van der Waals surface area contributed by atoms with Crippen LogP contribution in [-0.2, 0) is 28.1 Å². The van der Waals surface area contributed by atoms with E-state index in [4.69, 9.17) is 0 Å². The van der Waals surface area contributed by atoms with Crippen LogP contribution >= 0.6 is 0 Å². The standard InChI is InChI=1S/C37H45FN4O2.C36H44FN3O2/c1-25-13-18-30(23-33(25)40-19-4-5-20-40)39-36(43)31-11-8-22-42(37(44)34-26(2)9-6-12-32(34)38)35(31)29-16-14-28(15-17-29)24-41-21-7-10-27(41)3;1-24-10-6-15-31(37)32(24)35(42)40-21-9-14-30(34(41)38-29-13-7-12-28(22-29)36(3,4)5)33(40)27-18-16-26(17-19-27)23-39-20-8-11-25(39)2/h6,9,12-18,23,27,31,35H,4-5,7-8,10-11,19-22,24H2,1-3H3,(H,39,43);6-7,10,12-13,15-19,22,25,30,33H,8-9,11,14,20-21,23H2,1-5H3,(H,38,41)/t27-,31+,35+;25-,30-,33-/m10/s1. The Morgan fingerprint density at radius 2 is 0.930 bits per heavy atom. The molecule has 13 heteroatoms. The smallest absolute Gasteiger partial charge is 0.257 e. The molecule has 6 aromatic rings. The van der Waals surface area contributed by atoms with E-state index in [2.05, 4.69) is 134 Å². The molecule has 5 aliphatic heterocycles. The van der Waals surface area contributed by atoms with E-state index < -0.39 is 35.6 Å². The van der Waals surface area contributed by atoms with Gasteiger partial charge in [0.25, 0.3) is 11.8 Å².